The predicted octanol–water partition coefficient (Wildman–Crippen LogP) is 6.76. The first-order valence-corrected chi connectivity index (χ1v) is 11.6. The first kappa shape index (κ1) is 25.1. The van der Waals surface area contributed by atoms with Crippen molar-refractivity contribution in [3.8, 4) is 28.0 Å². The lowest BCUT2D eigenvalue weighted by Crippen LogP contribution is -2.27. The van der Waals surface area contributed by atoms with Gasteiger partial charge in [0.1, 0.15) is 13.7 Å². The van der Waals surface area contributed by atoms with Gasteiger partial charge >= 0.3 is 0 Å². The normalized spacial score (nSPS) is 18.2. The maximum atomic E-state index is 15.0. The first-order chi connectivity index (χ1) is 17.0. The third-order valence-corrected chi connectivity index (χ3v) is 6.10. The predicted molar refractivity (Wildman–Crippen MR) is 131 cm³/mol. The molecule has 2 radical (unpaired) electrons. The number of halogens is 3. The Bertz CT molecular complexity index is 1170. The van der Waals surface area contributed by atoms with E-state index < -0.39 is 11.6 Å². The molecule has 35 heavy (non-hydrogen) atoms. The van der Waals surface area contributed by atoms with Gasteiger partial charge in [0.15, 0.2) is 17.9 Å². The summed E-state index contributed by atoms with van der Waals surface area (Å²) in [6.07, 6.45) is 5.07. The summed E-state index contributed by atoms with van der Waals surface area (Å²) in [5.41, 5.74) is 2.67. The summed E-state index contributed by atoms with van der Waals surface area (Å²) in [6, 6.07) is 14.8. The smallest absolute Gasteiger partial charge is 0.201 e. The Labute approximate surface area is 204 Å². The van der Waals surface area contributed by atoms with Crippen LogP contribution < -0.4 is 4.74 Å². The molecule has 1 saturated heterocycles. The second-order valence-electron chi connectivity index (χ2n) is 8.30. The highest BCUT2D eigenvalue weighted by molar-refractivity contribution is 6.08. The molecule has 3 nitrogen and oxygen atoms in total. The quantitative estimate of drug-likeness (QED) is 0.265. The van der Waals surface area contributed by atoms with Gasteiger partial charge in [-0.3, -0.25) is 0 Å². The lowest BCUT2D eigenvalue weighted by atomic mass is 9.91. The van der Waals surface area contributed by atoms with Crippen molar-refractivity contribution in [1.29, 1.82) is 0 Å². The molecule has 0 aromatic heterocycles. The van der Waals surface area contributed by atoms with Crippen LogP contribution in [0.1, 0.15) is 31.2 Å². The van der Waals surface area contributed by atoms with E-state index in [2.05, 4.69) is 0 Å². The Balaban J connectivity index is 1.45. The molecule has 2 unspecified atom stereocenters. The molecule has 3 aromatic carbocycles. The number of rotatable bonds is 8. The van der Waals surface area contributed by atoms with Gasteiger partial charge in [0, 0.05) is 18.0 Å². The van der Waals surface area contributed by atoms with Crippen molar-refractivity contribution < 1.29 is 27.4 Å². The summed E-state index contributed by atoms with van der Waals surface area (Å²) in [6.45, 7) is 2.59. The topological polar surface area (TPSA) is 27.7 Å². The summed E-state index contributed by atoms with van der Waals surface area (Å²) in [5, 5.41) is 0. The highest BCUT2D eigenvalue weighted by atomic mass is 19.2. The summed E-state index contributed by atoms with van der Waals surface area (Å²) >= 11 is 0. The Morgan fingerprint density at radius 1 is 0.943 bits per heavy atom. The summed E-state index contributed by atoms with van der Waals surface area (Å²) in [4.78, 5) is 0. The molecule has 3 aromatic rings. The summed E-state index contributed by atoms with van der Waals surface area (Å²) in [7, 11) is 5.24. The Morgan fingerprint density at radius 2 is 1.69 bits per heavy atom. The van der Waals surface area contributed by atoms with Crippen LogP contribution in [-0.2, 0) is 9.47 Å². The SMILES string of the molecule is [B]COc1ccc(-c2ccc(-c3ccc(C4CCC(OC/C=C/C)OC4)c(F)c3)cc2)c(F)c1F. The molecule has 0 aliphatic carbocycles. The lowest BCUT2D eigenvalue weighted by molar-refractivity contribution is -0.160. The number of ether oxygens (including phenoxy) is 3. The van der Waals surface area contributed by atoms with Crippen molar-refractivity contribution in [3.05, 3.63) is 89.8 Å². The fourth-order valence-corrected chi connectivity index (χ4v) is 4.20. The molecule has 7 heteroatoms. The minimum absolute atomic E-state index is 0.0305. The zero-order chi connectivity index (χ0) is 24.8. The molecule has 0 N–H and O–H groups in total. The average Bonchev–Trinajstić information content (AvgIpc) is 2.88. The first-order valence-electron chi connectivity index (χ1n) is 11.6. The minimum atomic E-state index is -1.09. The van der Waals surface area contributed by atoms with Crippen molar-refractivity contribution in [1.82, 2.24) is 0 Å². The Kier molecular flexibility index (Phi) is 8.31. The maximum absolute atomic E-state index is 15.0. The molecule has 0 bridgehead atoms. The fourth-order valence-electron chi connectivity index (χ4n) is 4.20. The van der Waals surface area contributed by atoms with Gasteiger partial charge in [0.05, 0.1) is 13.2 Å². The van der Waals surface area contributed by atoms with E-state index in [1.807, 2.05) is 25.1 Å². The molecule has 1 aliphatic heterocycles. The van der Waals surface area contributed by atoms with Gasteiger partial charge in [-0.25, -0.2) is 8.78 Å². The van der Waals surface area contributed by atoms with Gasteiger partial charge in [0.2, 0.25) is 5.82 Å². The highest BCUT2D eigenvalue weighted by Crippen LogP contribution is 2.34. The van der Waals surface area contributed by atoms with Crippen LogP contribution in [0.25, 0.3) is 22.3 Å². The van der Waals surface area contributed by atoms with E-state index in [-0.39, 0.29) is 35.8 Å². The van der Waals surface area contributed by atoms with Gasteiger partial charge in [-0.1, -0.05) is 48.6 Å². The van der Waals surface area contributed by atoms with Crippen LogP contribution in [0.5, 0.6) is 5.75 Å². The van der Waals surface area contributed by atoms with Crippen LogP contribution >= 0.6 is 0 Å². The van der Waals surface area contributed by atoms with Crippen molar-refractivity contribution in [3.63, 3.8) is 0 Å². The van der Waals surface area contributed by atoms with E-state index in [0.29, 0.717) is 36.3 Å². The average molecular weight is 478 g/mol. The Morgan fingerprint density at radius 3 is 2.34 bits per heavy atom. The summed E-state index contributed by atoms with van der Waals surface area (Å²) < 4.78 is 60.0. The van der Waals surface area contributed by atoms with Crippen LogP contribution in [0.4, 0.5) is 13.2 Å². The number of hydrogen-bond acceptors (Lipinski definition) is 3. The molecule has 0 amide bonds. The van der Waals surface area contributed by atoms with E-state index in [0.717, 1.165) is 12.0 Å². The molecule has 1 aliphatic rings. The molecule has 1 fully saturated rings. The molecule has 2 atom stereocenters. The van der Waals surface area contributed by atoms with Gasteiger partial charge in [-0.2, -0.15) is 4.39 Å². The molecular formula is C28H26BF3O3. The van der Waals surface area contributed by atoms with E-state index in [1.54, 1.807) is 30.3 Å². The van der Waals surface area contributed by atoms with Crippen LogP contribution in [0.15, 0.2) is 66.7 Å². The lowest BCUT2D eigenvalue weighted by Gasteiger charge is -2.29. The van der Waals surface area contributed by atoms with E-state index in [1.165, 1.54) is 18.2 Å². The highest BCUT2D eigenvalue weighted by Gasteiger charge is 2.25. The van der Waals surface area contributed by atoms with E-state index >= 15 is 4.39 Å². The zero-order valence-electron chi connectivity index (χ0n) is 19.5. The van der Waals surface area contributed by atoms with E-state index in [9.17, 15) is 8.78 Å². The van der Waals surface area contributed by atoms with Crippen molar-refractivity contribution in [2.24, 2.45) is 0 Å². The van der Waals surface area contributed by atoms with Gasteiger partial charge in [-0.15, -0.1) is 0 Å². The second kappa shape index (κ2) is 11.6. The van der Waals surface area contributed by atoms with Crippen LogP contribution in [-0.4, -0.2) is 33.9 Å². The van der Waals surface area contributed by atoms with Crippen LogP contribution in [0, 0.1) is 17.5 Å². The molecule has 4 rings (SSSR count). The van der Waals surface area contributed by atoms with Gasteiger partial charge < -0.3 is 14.2 Å². The standard InChI is InChI=1S/C28H26BF3O3/c1-2-3-14-33-26-13-9-21(16-34-26)22-10-8-20(15-24(22)30)18-4-6-19(7-5-18)23-11-12-25(35-17-29)28(32)27(23)31/h2-8,10-12,15,21,26H,9,13-14,16-17H2,1H3/b3-2+. The van der Waals surface area contributed by atoms with Gasteiger partial charge in [-0.05, 0) is 60.2 Å². The maximum Gasteiger partial charge on any atom is 0.201 e. The number of benzene rings is 3. The minimum Gasteiger partial charge on any atom is -0.500 e. The molecule has 0 saturated carbocycles. The number of allylic oxidation sites excluding steroid dienone is 1. The molecule has 0 spiro atoms. The molecule has 180 valence electrons. The van der Waals surface area contributed by atoms with Gasteiger partial charge in [0.25, 0.3) is 0 Å². The molecular weight excluding hydrogens is 452 g/mol. The third kappa shape index (κ3) is 5.80. The Hall–Kier alpha value is -3.03. The van der Waals surface area contributed by atoms with Crippen LogP contribution in [0.2, 0.25) is 0 Å². The van der Waals surface area contributed by atoms with E-state index in [4.69, 9.17) is 22.1 Å². The van der Waals surface area contributed by atoms with Crippen molar-refractivity contribution in [2.75, 3.05) is 19.7 Å². The van der Waals surface area contributed by atoms with Crippen molar-refractivity contribution >= 4 is 7.85 Å². The fraction of sp³-hybridized carbons (Fsp3) is 0.286. The third-order valence-electron chi connectivity index (χ3n) is 6.10. The number of hydrogen-bond donors (Lipinski definition) is 0. The zero-order valence-corrected chi connectivity index (χ0v) is 19.5. The second-order valence-corrected chi connectivity index (χ2v) is 8.30. The monoisotopic (exact) mass is 478 g/mol. The van der Waals surface area contributed by atoms with Crippen molar-refractivity contribution in [2.45, 2.75) is 32.0 Å². The largest absolute Gasteiger partial charge is 0.500 e. The van der Waals surface area contributed by atoms with Crippen LogP contribution in [0.3, 0.4) is 0 Å². The summed E-state index contributed by atoms with van der Waals surface area (Å²) in [5.74, 6) is -2.66. The molecule has 1 heterocycles.